The van der Waals surface area contributed by atoms with Crippen molar-refractivity contribution in [2.75, 3.05) is 13.7 Å². The van der Waals surface area contributed by atoms with Crippen molar-refractivity contribution in [2.24, 2.45) is 5.73 Å². The Morgan fingerprint density at radius 3 is 2.67 bits per heavy atom. The summed E-state index contributed by atoms with van der Waals surface area (Å²) in [6.07, 6.45) is 0. The largest absolute Gasteiger partial charge is 0.497 e. The number of benzene rings is 2. The van der Waals surface area contributed by atoms with Gasteiger partial charge in [-0.3, -0.25) is 4.79 Å². The molecule has 0 bridgehead atoms. The van der Waals surface area contributed by atoms with E-state index in [4.69, 9.17) is 10.5 Å². The zero-order chi connectivity index (χ0) is 13.0. The van der Waals surface area contributed by atoms with Gasteiger partial charge in [0.2, 0.25) is 5.91 Å². The number of carbonyl (C=O) groups excluding carboxylic acids is 1. The SMILES string of the molecule is COc1ccc2cc(CNC(=O)CN)ccc2c1. The summed E-state index contributed by atoms with van der Waals surface area (Å²) < 4.78 is 5.18. The van der Waals surface area contributed by atoms with Crippen LogP contribution >= 0.6 is 0 Å². The number of methoxy groups -OCH3 is 1. The van der Waals surface area contributed by atoms with Gasteiger partial charge >= 0.3 is 0 Å². The van der Waals surface area contributed by atoms with Crippen molar-refractivity contribution in [3.63, 3.8) is 0 Å². The molecule has 18 heavy (non-hydrogen) atoms. The highest BCUT2D eigenvalue weighted by Gasteiger charge is 2.01. The number of hydrogen-bond acceptors (Lipinski definition) is 3. The molecule has 0 aromatic heterocycles. The fraction of sp³-hybridized carbons (Fsp3) is 0.214. The molecule has 0 saturated heterocycles. The topological polar surface area (TPSA) is 64.3 Å². The van der Waals surface area contributed by atoms with Gasteiger partial charge in [0.05, 0.1) is 13.7 Å². The van der Waals surface area contributed by atoms with E-state index < -0.39 is 0 Å². The maximum absolute atomic E-state index is 11.1. The van der Waals surface area contributed by atoms with Gasteiger partial charge in [0.25, 0.3) is 0 Å². The van der Waals surface area contributed by atoms with Gasteiger partial charge in [-0.15, -0.1) is 0 Å². The third-order valence-corrected chi connectivity index (χ3v) is 2.79. The summed E-state index contributed by atoms with van der Waals surface area (Å²) in [5.41, 5.74) is 6.28. The maximum atomic E-state index is 11.1. The van der Waals surface area contributed by atoms with Crippen LogP contribution in [0.1, 0.15) is 5.56 Å². The number of rotatable bonds is 4. The van der Waals surface area contributed by atoms with Crippen LogP contribution in [-0.4, -0.2) is 19.6 Å². The molecule has 2 aromatic rings. The summed E-state index contributed by atoms with van der Waals surface area (Å²) in [6, 6.07) is 12.0. The first-order valence-corrected chi connectivity index (χ1v) is 5.76. The third-order valence-electron chi connectivity index (χ3n) is 2.79. The second kappa shape index (κ2) is 5.51. The molecule has 3 N–H and O–H groups in total. The number of amides is 1. The van der Waals surface area contributed by atoms with E-state index >= 15 is 0 Å². The Balaban J connectivity index is 2.20. The minimum absolute atomic E-state index is 0.0186. The van der Waals surface area contributed by atoms with Crippen LogP contribution in [-0.2, 0) is 11.3 Å². The average Bonchev–Trinajstić information content (AvgIpc) is 2.43. The van der Waals surface area contributed by atoms with Gasteiger partial charge in [-0.2, -0.15) is 0 Å². The monoisotopic (exact) mass is 244 g/mol. The summed E-state index contributed by atoms with van der Waals surface area (Å²) in [5.74, 6) is 0.691. The molecule has 0 aliphatic rings. The fourth-order valence-corrected chi connectivity index (χ4v) is 1.78. The molecule has 0 aliphatic heterocycles. The molecule has 0 unspecified atom stereocenters. The van der Waals surface area contributed by atoms with Crippen molar-refractivity contribution < 1.29 is 9.53 Å². The van der Waals surface area contributed by atoms with E-state index in [1.165, 1.54) is 0 Å². The molecule has 4 nitrogen and oxygen atoms in total. The summed E-state index contributed by atoms with van der Waals surface area (Å²) in [5, 5.41) is 4.98. The van der Waals surface area contributed by atoms with Crippen LogP contribution in [0.15, 0.2) is 36.4 Å². The van der Waals surface area contributed by atoms with Crippen LogP contribution in [0, 0.1) is 0 Å². The lowest BCUT2D eigenvalue weighted by molar-refractivity contribution is -0.119. The molecule has 0 radical (unpaired) electrons. The Hall–Kier alpha value is -2.07. The number of nitrogens with two attached hydrogens (primary N) is 1. The number of nitrogens with one attached hydrogen (secondary N) is 1. The van der Waals surface area contributed by atoms with Gasteiger partial charge in [-0.1, -0.05) is 18.2 Å². The van der Waals surface area contributed by atoms with E-state index in [0.717, 1.165) is 22.1 Å². The minimum Gasteiger partial charge on any atom is -0.497 e. The molecule has 0 atom stereocenters. The Kier molecular flexibility index (Phi) is 3.79. The average molecular weight is 244 g/mol. The van der Waals surface area contributed by atoms with Crippen molar-refractivity contribution in [1.29, 1.82) is 0 Å². The van der Waals surface area contributed by atoms with Crippen molar-refractivity contribution in [2.45, 2.75) is 6.54 Å². The molecule has 0 spiro atoms. The van der Waals surface area contributed by atoms with Gasteiger partial charge in [-0.05, 0) is 34.5 Å². The Labute approximate surface area is 106 Å². The maximum Gasteiger partial charge on any atom is 0.234 e. The van der Waals surface area contributed by atoms with Crippen LogP contribution in [0.25, 0.3) is 10.8 Å². The Morgan fingerprint density at radius 1 is 1.22 bits per heavy atom. The Morgan fingerprint density at radius 2 is 1.94 bits per heavy atom. The van der Waals surface area contributed by atoms with Crippen molar-refractivity contribution >= 4 is 16.7 Å². The molecule has 1 amide bonds. The van der Waals surface area contributed by atoms with Gasteiger partial charge in [0.1, 0.15) is 5.75 Å². The highest BCUT2D eigenvalue weighted by Crippen LogP contribution is 2.21. The second-order valence-electron chi connectivity index (χ2n) is 4.03. The quantitative estimate of drug-likeness (QED) is 0.855. The van der Waals surface area contributed by atoms with E-state index in [1.54, 1.807) is 7.11 Å². The molecule has 0 aliphatic carbocycles. The van der Waals surface area contributed by atoms with E-state index in [2.05, 4.69) is 5.32 Å². The standard InChI is InChI=1S/C14H16N2O2/c1-18-13-5-4-11-6-10(2-3-12(11)7-13)9-16-14(17)8-15/h2-7H,8-9,15H2,1H3,(H,16,17). The second-order valence-corrected chi connectivity index (χ2v) is 4.03. The van der Waals surface area contributed by atoms with Crippen molar-refractivity contribution in [3.05, 3.63) is 42.0 Å². The van der Waals surface area contributed by atoms with Crippen LogP contribution in [0.2, 0.25) is 0 Å². The molecule has 0 heterocycles. The van der Waals surface area contributed by atoms with E-state index in [0.29, 0.717) is 6.54 Å². The molecule has 4 heteroatoms. The normalized spacial score (nSPS) is 10.3. The highest BCUT2D eigenvalue weighted by atomic mass is 16.5. The van der Waals surface area contributed by atoms with Gasteiger partial charge < -0.3 is 15.8 Å². The minimum atomic E-state index is -0.148. The van der Waals surface area contributed by atoms with E-state index in [9.17, 15) is 4.79 Å². The Bertz CT molecular complexity index is 567. The fourth-order valence-electron chi connectivity index (χ4n) is 1.78. The van der Waals surface area contributed by atoms with E-state index in [1.807, 2.05) is 36.4 Å². The van der Waals surface area contributed by atoms with Crippen LogP contribution < -0.4 is 15.8 Å². The summed E-state index contributed by atoms with van der Waals surface area (Å²) in [6.45, 7) is 0.517. The van der Waals surface area contributed by atoms with Crippen molar-refractivity contribution in [1.82, 2.24) is 5.32 Å². The number of fused-ring (bicyclic) bond motifs is 1. The van der Waals surface area contributed by atoms with Crippen LogP contribution in [0.3, 0.4) is 0 Å². The predicted molar refractivity (Wildman–Crippen MR) is 71.4 cm³/mol. The van der Waals surface area contributed by atoms with E-state index in [-0.39, 0.29) is 12.5 Å². The smallest absolute Gasteiger partial charge is 0.234 e. The number of hydrogen-bond donors (Lipinski definition) is 2. The molecule has 2 aromatic carbocycles. The predicted octanol–water partition coefficient (Wildman–Crippen LogP) is 1.42. The summed E-state index contributed by atoms with van der Waals surface area (Å²) >= 11 is 0. The molecular formula is C14H16N2O2. The summed E-state index contributed by atoms with van der Waals surface area (Å²) in [7, 11) is 1.65. The first-order chi connectivity index (χ1) is 8.72. The van der Waals surface area contributed by atoms with Crippen LogP contribution in [0.4, 0.5) is 0 Å². The zero-order valence-corrected chi connectivity index (χ0v) is 10.3. The number of ether oxygens (including phenoxy) is 1. The molecule has 94 valence electrons. The lowest BCUT2D eigenvalue weighted by Gasteiger charge is -2.06. The van der Waals surface area contributed by atoms with Crippen LogP contribution in [0.5, 0.6) is 5.75 Å². The lowest BCUT2D eigenvalue weighted by atomic mass is 10.1. The lowest BCUT2D eigenvalue weighted by Crippen LogP contribution is -2.29. The summed E-state index contributed by atoms with van der Waals surface area (Å²) in [4.78, 5) is 11.1. The first-order valence-electron chi connectivity index (χ1n) is 5.76. The molecule has 0 saturated carbocycles. The van der Waals surface area contributed by atoms with Crippen molar-refractivity contribution in [3.8, 4) is 5.75 Å². The van der Waals surface area contributed by atoms with Gasteiger partial charge in [0, 0.05) is 6.54 Å². The highest BCUT2D eigenvalue weighted by molar-refractivity contribution is 5.84. The van der Waals surface area contributed by atoms with Gasteiger partial charge in [-0.25, -0.2) is 0 Å². The third kappa shape index (κ3) is 2.78. The molecule has 0 fully saturated rings. The first kappa shape index (κ1) is 12.4. The molecular weight excluding hydrogens is 228 g/mol. The number of carbonyl (C=O) groups is 1. The van der Waals surface area contributed by atoms with Gasteiger partial charge in [0.15, 0.2) is 0 Å². The molecule has 2 rings (SSSR count). The zero-order valence-electron chi connectivity index (χ0n) is 10.3.